The average molecular weight is 404 g/mol. The highest BCUT2D eigenvalue weighted by Gasteiger charge is 2.35. The van der Waals surface area contributed by atoms with E-state index in [0.29, 0.717) is 11.1 Å². The van der Waals surface area contributed by atoms with Crippen molar-refractivity contribution in [3.05, 3.63) is 77.0 Å². The Balaban J connectivity index is 1.56. The molecule has 1 aliphatic rings. The first kappa shape index (κ1) is 19.4. The SMILES string of the molecule is Cc1cc(CC(=O)Nc2cc(F)c(-c3cccnc3)cn2)c2c(c1)C(=O)N(C)C2=O. The van der Waals surface area contributed by atoms with E-state index in [0.717, 1.165) is 16.5 Å². The van der Waals surface area contributed by atoms with Crippen molar-refractivity contribution in [2.24, 2.45) is 0 Å². The largest absolute Gasteiger partial charge is 0.310 e. The van der Waals surface area contributed by atoms with Crippen molar-refractivity contribution in [1.29, 1.82) is 0 Å². The van der Waals surface area contributed by atoms with Crippen LogP contribution in [0.3, 0.4) is 0 Å². The lowest BCUT2D eigenvalue weighted by Gasteiger charge is -2.10. The van der Waals surface area contributed by atoms with Crippen LogP contribution in [0.2, 0.25) is 0 Å². The molecule has 0 unspecified atom stereocenters. The molecule has 1 aromatic carbocycles. The molecule has 150 valence electrons. The van der Waals surface area contributed by atoms with Crippen LogP contribution >= 0.6 is 0 Å². The maximum absolute atomic E-state index is 14.5. The number of carbonyl (C=O) groups is 3. The number of hydrogen-bond donors (Lipinski definition) is 1. The summed E-state index contributed by atoms with van der Waals surface area (Å²) < 4.78 is 14.5. The summed E-state index contributed by atoms with van der Waals surface area (Å²) in [5, 5.41) is 2.54. The van der Waals surface area contributed by atoms with Crippen LogP contribution in [0.15, 0.2) is 48.9 Å². The van der Waals surface area contributed by atoms with E-state index in [9.17, 15) is 18.8 Å². The number of aromatic nitrogens is 2. The Labute approximate surface area is 171 Å². The number of nitrogens with zero attached hydrogens (tertiary/aromatic N) is 3. The molecule has 0 aliphatic carbocycles. The molecule has 3 aromatic rings. The van der Waals surface area contributed by atoms with Crippen LogP contribution in [0.1, 0.15) is 31.8 Å². The fourth-order valence-corrected chi connectivity index (χ4v) is 3.46. The Morgan fingerprint density at radius 1 is 1.13 bits per heavy atom. The lowest BCUT2D eigenvalue weighted by Crippen LogP contribution is -2.24. The number of anilines is 1. The van der Waals surface area contributed by atoms with E-state index in [4.69, 9.17) is 0 Å². The van der Waals surface area contributed by atoms with Gasteiger partial charge in [0.2, 0.25) is 5.91 Å². The van der Waals surface area contributed by atoms with Crippen molar-refractivity contribution in [1.82, 2.24) is 14.9 Å². The van der Waals surface area contributed by atoms with Crippen molar-refractivity contribution < 1.29 is 18.8 Å². The second-order valence-electron chi connectivity index (χ2n) is 7.03. The minimum Gasteiger partial charge on any atom is -0.310 e. The normalized spacial score (nSPS) is 12.8. The molecule has 0 fully saturated rings. The number of hydrogen-bond acceptors (Lipinski definition) is 5. The third-order valence-electron chi connectivity index (χ3n) is 4.86. The van der Waals surface area contributed by atoms with Crippen LogP contribution in [-0.2, 0) is 11.2 Å². The number of fused-ring (bicyclic) bond motifs is 1. The van der Waals surface area contributed by atoms with Gasteiger partial charge in [0, 0.05) is 42.8 Å². The maximum atomic E-state index is 14.5. The van der Waals surface area contributed by atoms with Crippen molar-refractivity contribution in [2.75, 3.05) is 12.4 Å². The molecule has 3 heterocycles. The van der Waals surface area contributed by atoms with Crippen molar-refractivity contribution in [2.45, 2.75) is 13.3 Å². The smallest absolute Gasteiger partial charge is 0.261 e. The molecule has 30 heavy (non-hydrogen) atoms. The van der Waals surface area contributed by atoms with Gasteiger partial charge in [0.25, 0.3) is 11.8 Å². The fraction of sp³-hybridized carbons (Fsp3) is 0.136. The molecule has 7 nitrogen and oxygen atoms in total. The van der Waals surface area contributed by atoms with E-state index in [1.54, 1.807) is 37.4 Å². The first-order valence-corrected chi connectivity index (χ1v) is 9.17. The fourth-order valence-electron chi connectivity index (χ4n) is 3.46. The summed E-state index contributed by atoms with van der Waals surface area (Å²) in [4.78, 5) is 46.2. The predicted molar refractivity (Wildman–Crippen MR) is 107 cm³/mol. The zero-order chi connectivity index (χ0) is 21.4. The molecule has 1 N–H and O–H groups in total. The Kier molecular flexibility index (Phi) is 4.83. The molecule has 0 bridgehead atoms. The van der Waals surface area contributed by atoms with Gasteiger partial charge >= 0.3 is 0 Å². The summed E-state index contributed by atoms with van der Waals surface area (Å²) in [5.74, 6) is -1.81. The minimum absolute atomic E-state index is 0.0500. The minimum atomic E-state index is -0.549. The standard InChI is InChI=1S/C22H17FN4O3/c1-12-6-14(20-15(7-12)21(29)27(2)22(20)30)8-19(28)26-18-9-17(23)16(11-25-18)13-4-3-5-24-10-13/h3-7,9-11H,8H2,1-2H3,(H,25,26,28). The molecule has 0 saturated heterocycles. The number of pyridine rings is 2. The molecule has 4 rings (SSSR count). The van der Waals surface area contributed by atoms with Gasteiger partial charge in [-0.15, -0.1) is 0 Å². The molecule has 2 aromatic heterocycles. The first-order chi connectivity index (χ1) is 14.3. The molecule has 0 radical (unpaired) electrons. The van der Waals surface area contributed by atoms with Gasteiger partial charge < -0.3 is 5.32 Å². The van der Waals surface area contributed by atoms with E-state index >= 15 is 0 Å². The number of amides is 3. The average Bonchev–Trinajstić information content (AvgIpc) is 2.92. The highest BCUT2D eigenvalue weighted by atomic mass is 19.1. The molecule has 0 saturated carbocycles. The Morgan fingerprint density at radius 3 is 2.63 bits per heavy atom. The topological polar surface area (TPSA) is 92.3 Å². The number of rotatable bonds is 4. The Bertz CT molecular complexity index is 1190. The van der Waals surface area contributed by atoms with Gasteiger partial charge in [-0.25, -0.2) is 9.37 Å². The number of carbonyl (C=O) groups excluding carboxylic acids is 3. The van der Waals surface area contributed by atoms with Gasteiger partial charge in [-0.3, -0.25) is 24.3 Å². The van der Waals surface area contributed by atoms with Gasteiger partial charge in [0.15, 0.2) is 0 Å². The zero-order valence-corrected chi connectivity index (χ0v) is 16.3. The van der Waals surface area contributed by atoms with Crippen LogP contribution in [0.4, 0.5) is 10.2 Å². The molecule has 0 atom stereocenters. The van der Waals surface area contributed by atoms with Crippen molar-refractivity contribution in [3.8, 4) is 11.1 Å². The molecule has 0 spiro atoms. The number of aryl methyl sites for hydroxylation is 1. The maximum Gasteiger partial charge on any atom is 0.261 e. The summed E-state index contributed by atoms with van der Waals surface area (Å²) in [6.07, 6.45) is 4.28. The van der Waals surface area contributed by atoms with Gasteiger partial charge in [0.05, 0.1) is 17.5 Å². The van der Waals surface area contributed by atoms with E-state index in [1.165, 1.54) is 19.4 Å². The van der Waals surface area contributed by atoms with E-state index < -0.39 is 23.5 Å². The summed E-state index contributed by atoms with van der Waals surface area (Å²) in [6.45, 7) is 1.78. The number of benzene rings is 1. The van der Waals surface area contributed by atoms with E-state index in [1.807, 2.05) is 0 Å². The Morgan fingerprint density at radius 2 is 1.93 bits per heavy atom. The molecule has 8 heteroatoms. The number of halogens is 1. The predicted octanol–water partition coefficient (Wildman–Crippen LogP) is 3.00. The van der Waals surface area contributed by atoms with Crippen LogP contribution in [0.25, 0.3) is 11.1 Å². The van der Waals surface area contributed by atoms with E-state index in [-0.39, 0.29) is 28.9 Å². The van der Waals surface area contributed by atoms with Gasteiger partial charge in [-0.2, -0.15) is 0 Å². The van der Waals surface area contributed by atoms with E-state index in [2.05, 4.69) is 15.3 Å². The van der Waals surface area contributed by atoms with Crippen molar-refractivity contribution in [3.63, 3.8) is 0 Å². The van der Waals surface area contributed by atoms with Crippen LogP contribution in [0, 0.1) is 12.7 Å². The zero-order valence-electron chi connectivity index (χ0n) is 16.3. The summed E-state index contributed by atoms with van der Waals surface area (Å²) >= 11 is 0. The molecular formula is C22H17FN4O3. The summed E-state index contributed by atoms with van der Waals surface area (Å²) in [7, 11) is 1.40. The molecular weight excluding hydrogens is 387 g/mol. The van der Waals surface area contributed by atoms with Gasteiger partial charge in [-0.1, -0.05) is 12.1 Å². The monoisotopic (exact) mass is 404 g/mol. The lowest BCUT2D eigenvalue weighted by molar-refractivity contribution is -0.115. The van der Waals surface area contributed by atoms with Gasteiger partial charge in [-0.05, 0) is 30.2 Å². The quantitative estimate of drug-likeness (QED) is 0.675. The van der Waals surface area contributed by atoms with Crippen molar-refractivity contribution >= 4 is 23.5 Å². The second-order valence-corrected chi connectivity index (χ2v) is 7.03. The number of imide groups is 1. The first-order valence-electron chi connectivity index (χ1n) is 9.17. The summed E-state index contributed by atoms with van der Waals surface area (Å²) in [6, 6.07) is 7.85. The third-order valence-corrected chi connectivity index (χ3v) is 4.86. The Hall–Kier alpha value is -3.94. The molecule has 1 aliphatic heterocycles. The van der Waals surface area contributed by atoms with Crippen LogP contribution < -0.4 is 5.32 Å². The lowest BCUT2D eigenvalue weighted by atomic mass is 9.97. The van der Waals surface area contributed by atoms with Crippen LogP contribution in [0.5, 0.6) is 0 Å². The second kappa shape index (κ2) is 7.47. The highest BCUT2D eigenvalue weighted by molar-refractivity contribution is 6.22. The third kappa shape index (κ3) is 3.43. The number of nitrogens with one attached hydrogen (secondary N) is 1. The molecule has 3 amide bonds. The van der Waals surface area contributed by atoms with Gasteiger partial charge in [0.1, 0.15) is 11.6 Å². The van der Waals surface area contributed by atoms with Crippen LogP contribution in [-0.4, -0.2) is 39.6 Å². The summed E-state index contributed by atoms with van der Waals surface area (Å²) in [5.41, 5.74) is 2.56. The highest BCUT2D eigenvalue weighted by Crippen LogP contribution is 2.27.